The van der Waals surface area contributed by atoms with Gasteiger partial charge in [0.05, 0.1) is 25.6 Å². The van der Waals surface area contributed by atoms with E-state index in [4.69, 9.17) is 9.47 Å². The number of unbranched alkanes of at least 4 members (excludes halogenated alkanes) is 6. The summed E-state index contributed by atoms with van der Waals surface area (Å²) < 4.78 is 12.0. The number of hydrogen-bond acceptors (Lipinski definition) is 4. The van der Waals surface area contributed by atoms with Crippen LogP contribution < -0.4 is 20.1 Å². The summed E-state index contributed by atoms with van der Waals surface area (Å²) in [7, 11) is 1.60. The maximum Gasteiger partial charge on any atom is 0.233 e. The second kappa shape index (κ2) is 19.7. The van der Waals surface area contributed by atoms with Crippen molar-refractivity contribution in [2.75, 3.05) is 13.7 Å². The van der Waals surface area contributed by atoms with Crippen LogP contribution in [0, 0.1) is 0 Å². The van der Waals surface area contributed by atoms with Gasteiger partial charge in [-0.25, -0.2) is 0 Å². The number of benzene rings is 5. The Morgan fingerprint density at radius 3 is 1.33 bits per heavy atom. The van der Waals surface area contributed by atoms with Crippen molar-refractivity contribution >= 4 is 11.8 Å². The second-order valence-electron chi connectivity index (χ2n) is 12.8. The first-order valence-electron chi connectivity index (χ1n) is 18.2. The van der Waals surface area contributed by atoms with Gasteiger partial charge >= 0.3 is 0 Å². The number of hydrogen-bond donors (Lipinski definition) is 2. The van der Waals surface area contributed by atoms with E-state index < -0.39 is 18.0 Å². The summed E-state index contributed by atoms with van der Waals surface area (Å²) >= 11 is 0. The van der Waals surface area contributed by atoms with Gasteiger partial charge in [0, 0.05) is 0 Å². The summed E-state index contributed by atoms with van der Waals surface area (Å²) in [5.74, 6) is -0.524. The van der Waals surface area contributed by atoms with Gasteiger partial charge in [0.1, 0.15) is 6.17 Å². The molecule has 0 aliphatic rings. The Kier molecular flexibility index (Phi) is 14.3. The minimum Gasteiger partial charge on any atom is -0.493 e. The fourth-order valence-corrected chi connectivity index (χ4v) is 6.45. The topological polar surface area (TPSA) is 76.7 Å². The molecule has 0 fully saturated rings. The first-order chi connectivity index (χ1) is 25.1. The van der Waals surface area contributed by atoms with Crippen LogP contribution in [0.4, 0.5) is 0 Å². The number of rotatable bonds is 19. The molecule has 5 aromatic rings. The van der Waals surface area contributed by atoms with Crippen LogP contribution in [0.5, 0.6) is 11.5 Å². The quantitative estimate of drug-likeness (QED) is 0.0672. The fraction of sp³-hybridized carbons (Fsp3) is 0.289. The van der Waals surface area contributed by atoms with E-state index in [2.05, 4.69) is 17.6 Å². The van der Waals surface area contributed by atoms with Crippen LogP contribution in [0.15, 0.2) is 140 Å². The largest absolute Gasteiger partial charge is 0.493 e. The van der Waals surface area contributed by atoms with Crippen LogP contribution in [0.2, 0.25) is 0 Å². The Morgan fingerprint density at radius 2 is 0.922 bits per heavy atom. The lowest BCUT2D eigenvalue weighted by Crippen LogP contribution is -2.44. The van der Waals surface area contributed by atoms with Gasteiger partial charge in [-0.1, -0.05) is 173 Å². The third-order valence-corrected chi connectivity index (χ3v) is 9.16. The van der Waals surface area contributed by atoms with E-state index in [1.165, 1.54) is 32.1 Å². The molecule has 264 valence electrons. The Hall–Kier alpha value is -5.36. The molecule has 5 rings (SSSR count). The molecule has 0 aliphatic carbocycles. The summed E-state index contributed by atoms with van der Waals surface area (Å²) in [5.41, 5.74) is 4.07. The van der Waals surface area contributed by atoms with Crippen molar-refractivity contribution < 1.29 is 19.1 Å². The smallest absolute Gasteiger partial charge is 0.233 e. The van der Waals surface area contributed by atoms with E-state index in [-0.39, 0.29) is 11.8 Å². The van der Waals surface area contributed by atoms with E-state index in [0.717, 1.165) is 35.1 Å². The SMILES string of the molecule is CCCCCCCCCOc1ccc(C(NC(=O)C(c2ccccc2)c2ccccc2)NC(=O)C(c2ccccc2)c2ccccc2)cc1OC. The van der Waals surface area contributed by atoms with Crippen molar-refractivity contribution in [2.24, 2.45) is 0 Å². The van der Waals surface area contributed by atoms with Gasteiger partial charge in [-0.2, -0.15) is 0 Å². The summed E-state index contributed by atoms with van der Waals surface area (Å²) in [4.78, 5) is 28.8. The molecule has 0 spiro atoms. The molecule has 5 aromatic carbocycles. The molecule has 6 heteroatoms. The van der Waals surface area contributed by atoms with E-state index >= 15 is 0 Å². The molecule has 0 unspecified atom stereocenters. The predicted octanol–water partition coefficient (Wildman–Crippen LogP) is 9.72. The van der Waals surface area contributed by atoms with E-state index in [0.29, 0.717) is 23.7 Å². The average Bonchev–Trinajstić information content (AvgIpc) is 3.17. The van der Waals surface area contributed by atoms with Gasteiger partial charge in [-0.05, 0) is 46.4 Å². The third-order valence-electron chi connectivity index (χ3n) is 9.16. The maximum absolute atomic E-state index is 14.4. The Balaban J connectivity index is 1.43. The highest BCUT2D eigenvalue weighted by Crippen LogP contribution is 2.33. The van der Waals surface area contributed by atoms with Crippen LogP contribution in [-0.2, 0) is 9.59 Å². The number of methoxy groups -OCH3 is 1. The molecule has 0 radical (unpaired) electrons. The van der Waals surface area contributed by atoms with Gasteiger partial charge < -0.3 is 20.1 Å². The average molecular weight is 683 g/mol. The lowest BCUT2D eigenvalue weighted by Gasteiger charge is -2.27. The molecule has 0 bridgehead atoms. The molecule has 0 saturated carbocycles. The van der Waals surface area contributed by atoms with E-state index in [1.54, 1.807) is 7.11 Å². The van der Waals surface area contributed by atoms with Crippen LogP contribution in [0.3, 0.4) is 0 Å². The number of nitrogens with one attached hydrogen (secondary N) is 2. The molecule has 0 heterocycles. The number of ether oxygens (including phenoxy) is 2. The molecular formula is C45H50N2O4. The summed E-state index contributed by atoms with van der Waals surface area (Å²) in [6, 6.07) is 44.3. The van der Waals surface area contributed by atoms with E-state index in [1.807, 2.05) is 140 Å². The summed E-state index contributed by atoms with van der Waals surface area (Å²) in [6.07, 6.45) is 7.51. The van der Waals surface area contributed by atoms with Crippen molar-refractivity contribution in [1.82, 2.24) is 10.6 Å². The van der Waals surface area contributed by atoms with Crippen LogP contribution in [0.1, 0.15) is 97.7 Å². The van der Waals surface area contributed by atoms with Gasteiger partial charge in [0.25, 0.3) is 0 Å². The number of carbonyl (C=O) groups is 2. The lowest BCUT2D eigenvalue weighted by atomic mass is 9.89. The first-order valence-corrected chi connectivity index (χ1v) is 18.2. The van der Waals surface area contributed by atoms with Crippen molar-refractivity contribution in [3.8, 4) is 11.5 Å². The monoisotopic (exact) mass is 682 g/mol. The molecule has 0 aliphatic heterocycles. The maximum atomic E-state index is 14.4. The second-order valence-corrected chi connectivity index (χ2v) is 12.8. The number of carbonyl (C=O) groups excluding carboxylic acids is 2. The zero-order chi connectivity index (χ0) is 35.7. The Morgan fingerprint density at radius 1 is 0.510 bits per heavy atom. The molecule has 51 heavy (non-hydrogen) atoms. The Bertz CT molecular complexity index is 1590. The molecule has 0 aromatic heterocycles. The third kappa shape index (κ3) is 10.6. The highest BCUT2D eigenvalue weighted by molar-refractivity contribution is 5.90. The van der Waals surface area contributed by atoms with Gasteiger partial charge in [-0.3, -0.25) is 9.59 Å². The minimum absolute atomic E-state index is 0.244. The first kappa shape index (κ1) is 36.9. The molecule has 0 saturated heterocycles. The number of amides is 2. The summed E-state index contributed by atoms with van der Waals surface area (Å²) in [5, 5.41) is 6.41. The highest BCUT2D eigenvalue weighted by atomic mass is 16.5. The fourth-order valence-electron chi connectivity index (χ4n) is 6.45. The van der Waals surface area contributed by atoms with Crippen LogP contribution in [0.25, 0.3) is 0 Å². The van der Waals surface area contributed by atoms with Gasteiger partial charge in [0.15, 0.2) is 11.5 Å². The standard InChI is InChI=1S/C45H50N2O4/c1-3-4-5-6-7-8-21-32-51-39-31-30-38(33-40(39)50-2)43(46-44(48)41(34-22-13-9-14-23-34)35-24-15-10-16-25-35)47-45(49)42(36-26-17-11-18-27-36)37-28-19-12-20-29-37/h9-20,22-31,33,41-43H,3-8,21,32H2,1-2H3,(H,46,48)(H,47,49). The van der Waals surface area contributed by atoms with Crippen molar-refractivity contribution in [3.05, 3.63) is 167 Å². The van der Waals surface area contributed by atoms with Crippen molar-refractivity contribution in [3.63, 3.8) is 0 Å². The van der Waals surface area contributed by atoms with Crippen LogP contribution >= 0.6 is 0 Å². The molecule has 2 N–H and O–H groups in total. The normalized spacial score (nSPS) is 11.1. The molecule has 6 nitrogen and oxygen atoms in total. The minimum atomic E-state index is -0.874. The molecule has 0 atom stereocenters. The molecule has 2 amide bonds. The van der Waals surface area contributed by atoms with Crippen LogP contribution in [-0.4, -0.2) is 25.5 Å². The Labute approximate surface area is 303 Å². The lowest BCUT2D eigenvalue weighted by molar-refractivity contribution is -0.125. The summed E-state index contributed by atoms with van der Waals surface area (Å²) in [6.45, 7) is 2.82. The van der Waals surface area contributed by atoms with Gasteiger partial charge in [0.2, 0.25) is 11.8 Å². The van der Waals surface area contributed by atoms with Crippen molar-refractivity contribution in [2.45, 2.75) is 69.9 Å². The van der Waals surface area contributed by atoms with E-state index in [9.17, 15) is 9.59 Å². The van der Waals surface area contributed by atoms with Gasteiger partial charge in [-0.15, -0.1) is 0 Å². The molecular weight excluding hydrogens is 633 g/mol. The predicted molar refractivity (Wildman–Crippen MR) is 205 cm³/mol. The zero-order valence-electron chi connectivity index (χ0n) is 29.8. The van der Waals surface area contributed by atoms with Crippen molar-refractivity contribution in [1.29, 1.82) is 0 Å². The zero-order valence-corrected chi connectivity index (χ0v) is 29.8. The highest BCUT2D eigenvalue weighted by Gasteiger charge is 2.30.